The van der Waals surface area contributed by atoms with E-state index in [9.17, 15) is 42.6 Å². The highest BCUT2D eigenvalue weighted by molar-refractivity contribution is 14.1. The molecule has 4 aliphatic carbocycles. The molecule has 12 nitrogen and oxygen atoms in total. The number of carbonyl (C=O) groups excluding carboxylic acids is 3. The monoisotopic (exact) mass is 1170 g/mol. The van der Waals surface area contributed by atoms with Crippen molar-refractivity contribution in [1.82, 2.24) is 20.4 Å². The number of β-amino-alcohol motifs (C(OH)–C–C–N with tert-alkyl or cyclic N) is 1. The first-order chi connectivity index (χ1) is 35.3. The van der Waals surface area contributed by atoms with Crippen molar-refractivity contribution in [1.29, 1.82) is 0 Å². The molecule has 74 heavy (non-hydrogen) atoms. The highest BCUT2D eigenvalue weighted by atomic mass is 127. The van der Waals surface area contributed by atoms with Crippen LogP contribution >= 0.6 is 45.8 Å². The SMILES string of the molecule is CCN1C(C(=O)NC23CCC(C(=O)O)(CC2)CC3)C(c2cccc(Cl)c2F)C2(C(=O)Nc3cc(Cl)ccc32)C12CCCCC2.O=C(c1ccc(F)c(F)c1Nc1ccc(I)cc1F)N1CC(O)([C@@H]2CCCCN2)C1. The fourth-order valence-corrected chi connectivity index (χ4v) is 14.9. The molecule has 394 valence electrons. The lowest BCUT2D eigenvalue weighted by molar-refractivity contribution is -0.157. The van der Waals surface area contributed by atoms with Gasteiger partial charge < -0.3 is 36.4 Å². The van der Waals surface area contributed by atoms with Crippen molar-refractivity contribution >= 4 is 86.5 Å². The molecule has 3 saturated heterocycles. The van der Waals surface area contributed by atoms with E-state index in [0.717, 1.165) is 56.7 Å². The number of likely N-dealkylation sites (N-methyl/N-ethyl adjacent to an activating group) is 1. The molecule has 4 aromatic rings. The molecular weight excluding hydrogens is 1110 g/mol. The Balaban J connectivity index is 0.000000182. The number of nitrogens with zero attached hydrogens (tertiary/aromatic N) is 2. The minimum absolute atomic E-state index is 0.0534. The van der Waals surface area contributed by atoms with Gasteiger partial charge >= 0.3 is 5.97 Å². The van der Waals surface area contributed by atoms with Crippen LogP contribution < -0.4 is 21.3 Å². The summed E-state index contributed by atoms with van der Waals surface area (Å²) >= 11 is 14.8. The van der Waals surface area contributed by atoms with Crippen LogP contribution in [0.15, 0.2) is 66.7 Å². The maximum absolute atomic E-state index is 16.3. The summed E-state index contributed by atoms with van der Waals surface area (Å²) in [7, 11) is 0. The molecule has 8 aliphatic rings. The van der Waals surface area contributed by atoms with Gasteiger partial charge in [-0.2, -0.15) is 0 Å². The number of likely N-dealkylation sites (tertiary alicyclic amines) is 2. The molecule has 12 rings (SSSR count). The summed E-state index contributed by atoms with van der Waals surface area (Å²) < 4.78 is 59.6. The lowest BCUT2D eigenvalue weighted by atomic mass is 9.55. The number of halogens is 7. The Morgan fingerprint density at radius 1 is 0.838 bits per heavy atom. The topological polar surface area (TPSA) is 163 Å². The van der Waals surface area contributed by atoms with E-state index in [1.807, 2.05) is 35.6 Å². The van der Waals surface area contributed by atoms with E-state index in [1.54, 1.807) is 30.3 Å². The van der Waals surface area contributed by atoms with Crippen LogP contribution in [0.2, 0.25) is 10.0 Å². The average molecular weight is 1170 g/mol. The number of anilines is 3. The summed E-state index contributed by atoms with van der Waals surface area (Å²) in [5, 5.41) is 33.5. The Labute approximate surface area is 450 Å². The van der Waals surface area contributed by atoms with Crippen molar-refractivity contribution in [3.8, 4) is 0 Å². The third-order valence-corrected chi connectivity index (χ3v) is 19.0. The number of fused-ring (bicyclic) bond motifs is 6. The van der Waals surface area contributed by atoms with Crippen LogP contribution in [0.1, 0.15) is 124 Å². The lowest BCUT2D eigenvalue weighted by Crippen LogP contribution is -2.72. The number of nitrogens with one attached hydrogen (secondary N) is 4. The summed E-state index contributed by atoms with van der Waals surface area (Å²) in [4.78, 5) is 58.3. The number of piperidine rings is 1. The maximum atomic E-state index is 16.3. The van der Waals surface area contributed by atoms with Gasteiger partial charge in [0.2, 0.25) is 11.8 Å². The first-order valence-corrected chi connectivity index (χ1v) is 27.5. The Hall–Kier alpha value is -4.53. The van der Waals surface area contributed by atoms with Crippen molar-refractivity contribution in [2.45, 2.75) is 137 Å². The number of benzene rings is 4. The number of carbonyl (C=O) groups is 4. The molecule has 3 amide bonds. The zero-order chi connectivity index (χ0) is 52.5. The minimum atomic E-state index is -1.27. The number of aliphatic hydroxyl groups is 1. The maximum Gasteiger partial charge on any atom is 0.309 e. The summed E-state index contributed by atoms with van der Waals surface area (Å²) in [6, 6.07) is 15.6. The molecule has 2 spiro atoms. The third-order valence-electron chi connectivity index (χ3n) is 17.8. The summed E-state index contributed by atoms with van der Waals surface area (Å²) in [6.07, 6.45) is 10.3. The molecule has 4 atom stereocenters. The van der Waals surface area contributed by atoms with E-state index >= 15 is 4.39 Å². The van der Waals surface area contributed by atoms with Crippen molar-refractivity contribution in [3.63, 3.8) is 0 Å². The summed E-state index contributed by atoms with van der Waals surface area (Å²) in [6.45, 7) is 3.51. The first kappa shape index (κ1) is 52.9. The molecule has 3 unspecified atom stereocenters. The number of hydrogen-bond acceptors (Lipinski definition) is 8. The second-order valence-corrected chi connectivity index (χ2v) is 23.6. The van der Waals surface area contributed by atoms with Gasteiger partial charge in [-0.3, -0.25) is 24.1 Å². The molecule has 0 aromatic heterocycles. The van der Waals surface area contributed by atoms with Crippen molar-refractivity contribution in [2.24, 2.45) is 5.41 Å². The van der Waals surface area contributed by atoms with E-state index in [-0.39, 0.29) is 52.8 Å². The number of hydrogen-bond donors (Lipinski definition) is 6. The zero-order valence-corrected chi connectivity index (χ0v) is 44.5. The molecule has 4 saturated carbocycles. The molecule has 19 heteroatoms. The van der Waals surface area contributed by atoms with E-state index in [1.165, 1.54) is 29.2 Å². The fourth-order valence-electron chi connectivity index (χ4n) is 14.1. The second-order valence-electron chi connectivity index (χ2n) is 21.6. The number of amides is 3. The van der Waals surface area contributed by atoms with Crippen LogP contribution in [0.25, 0.3) is 0 Å². The van der Waals surface area contributed by atoms with Gasteiger partial charge in [0.15, 0.2) is 11.6 Å². The normalized spacial score (nSPS) is 28.5. The number of aliphatic carboxylic acids is 1. The Bertz CT molecular complexity index is 2890. The van der Waals surface area contributed by atoms with E-state index in [0.29, 0.717) is 72.2 Å². The van der Waals surface area contributed by atoms with E-state index in [4.69, 9.17) is 23.2 Å². The molecule has 7 fully saturated rings. The van der Waals surface area contributed by atoms with Gasteiger partial charge in [-0.25, -0.2) is 17.6 Å². The Morgan fingerprint density at radius 2 is 1.55 bits per heavy atom. The van der Waals surface area contributed by atoms with Crippen molar-refractivity contribution in [3.05, 3.63) is 120 Å². The number of carboxylic acids is 1. The van der Waals surface area contributed by atoms with Crippen molar-refractivity contribution in [2.75, 3.05) is 36.8 Å². The van der Waals surface area contributed by atoms with Gasteiger partial charge in [0, 0.05) is 37.3 Å². The van der Waals surface area contributed by atoms with Crippen molar-refractivity contribution < 1.29 is 47.0 Å². The summed E-state index contributed by atoms with van der Waals surface area (Å²) in [5.41, 5.74) is -3.32. The van der Waals surface area contributed by atoms with Crippen LogP contribution in [0.5, 0.6) is 0 Å². The van der Waals surface area contributed by atoms with Gasteiger partial charge in [0.1, 0.15) is 22.7 Å². The molecular formula is C55H59Cl2F4IN6O6. The van der Waals surface area contributed by atoms with Gasteiger partial charge in [-0.15, -0.1) is 0 Å². The van der Waals surface area contributed by atoms with Gasteiger partial charge in [-0.1, -0.05) is 74.0 Å². The number of carboxylic acid groups (broad SMARTS) is 1. The molecule has 4 aromatic carbocycles. The zero-order valence-electron chi connectivity index (χ0n) is 40.9. The molecule has 4 aliphatic heterocycles. The first-order valence-electron chi connectivity index (χ1n) is 25.7. The van der Waals surface area contributed by atoms with Crippen LogP contribution in [0, 0.1) is 32.3 Å². The van der Waals surface area contributed by atoms with E-state index < -0.39 is 80.3 Å². The van der Waals surface area contributed by atoms with Gasteiger partial charge in [0.25, 0.3) is 5.91 Å². The highest BCUT2D eigenvalue weighted by Gasteiger charge is 2.75. The predicted octanol–water partition coefficient (Wildman–Crippen LogP) is 10.6. The van der Waals surface area contributed by atoms with Crippen LogP contribution in [-0.4, -0.2) is 98.6 Å². The van der Waals surface area contributed by atoms with Gasteiger partial charge in [0.05, 0.1) is 46.5 Å². The molecule has 4 heterocycles. The smallest absolute Gasteiger partial charge is 0.309 e. The van der Waals surface area contributed by atoms with E-state index in [2.05, 4.69) is 26.2 Å². The second kappa shape index (κ2) is 20.1. The third kappa shape index (κ3) is 8.67. The Kier molecular flexibility index (Phi) is 14.4. The summed E-state index contributed by atoms with van der Waals surface area (Å²) in [5.74, 6) is -6.33. The fraction of sp³-hybridized carbons (Fsp3) is 0.491. The lowest BCUT2D eigenvalue weighted by Gasteiger charge is -2.52. The van der Waals surface area contributed by atoms with Crippen LogP contribution in [-0.2, 0) is 19.8 Å². The molecule has 6 N–H and O–H groups in total. The Morgan fingerprint density at radius 3 is 2.20 bits per heavy atom. The van der Waals surface area contributed by atoms with Crippen LogP contribution in [0.3, 0.4) is 0 Å². The largest absolute Gasteiger partial charge is 0.481 e. The standard InChI is InChI=1S/C34H38Cl2FN3O4.C21H21F3IN3O2/c1-2-40-27(28(41)39-32-16-13-31(14-17-32,15-18-32)30(43)44)25(21-7-6-8-23(36)26(21)37)34(33(40)11-4-3-5-12-33)22-10-9-20(35)19-24(22)38-29(34)42;22-14-6-5-13(19(18(14)24)27-16-7-4-12(25)9-15(16)23)20(29)28-10-21(30,11-28)17-3-1-2-8-26-17/h6-10,19,25,27H,2-5,11-18H2,1H3,(H,38,42)(H,39,41)(H,43,44);4-7,9,17,26-27,30H,1-3,8,10-11H2/t;17-/m.0/s1. The van der Waals surface area contributed by atoms with Gasteiger partial charge in [-0.05, 0) is 160 Å². The molecule has 2 bridgehead atoms. The highest BCUT2D eigenvalue weighted by Crippen LogP contribution is 2.67. The quantitative estimate of drug-likeness (QED) is 0.0707. The minimum Gasteiger partial charge on any atom is -0.481 e. The predicted molar refractivity (Wildman–Crippen MR) is 282 cm³/mol. The molecule has 0 radical (unpaired) electrons. The average Bonchev–Trinajstić information content (AvgIpc) is 3.89. The van der Waals surface area contributed by atoms with Crippen LogP contribution in [0.4, 0.5) is 34.6 Å². The number of rotatable bonds is 9.